The third-order valence-corrected chi connectivity index (χ3v) is 5.97. The minimum absolute atomic E-state index is 0.0724. The van der Waals surface area contributed by atoms with Gasteiger partial charge in [-0.1, -0.05) is 23.4 Å². The van der Waals surface area contributed by atoms with Crippen molar-refractivity contribution in [3.63, 3.8) is 0 Å². The lowest BCUT2D eigenvalue weighted by molar-refractivity contribution is 0.0559. The van der Waals surface area contributed by atoms with E-state index in [4.69, 9.17) is 0 Å². The number of hydrogen-bond acceptors (Lipinski definition) is 9. The lowest BCUT2D eigenvalue weighted by atomic mass is 10.1. The predicted octanol–water partition coefficient (Wildman–Crippen LogP) is 5.18. The van der Waals surface area contributed by atoms with Crippen molar-refractivity contribution in [1.82, 2.24) is 25.5 Å². The van der Waals surface area contributed by atoms with E-state index in [0.717, 1.165) is 39.3 Å². The number of allylic oxidation sites excluding steroid dienone is 1. The summed E-state index contributed by atoms with van der Waals surface area (Å²) in [5, 5.41) is 27.0. The Balaban J connectivity index is 0.000000280. The van der Waals surface area contributed by atoms with E-state index in [1.54, 1.807) is 0 Å². The molecule has 3 aromatic rings. The Morgan fingerprint density at radius 1 is 1.21 bits per heavy atom. The number of alkyl halides is 2. The first kappa shape index (κ1) is 33.7. The molecule has 1 fully saturated rings. The van der Waals surface area contributed by atoms with Gasteiger partial charge in [0, 0.05) is 31.4 Å². The van der Waals surface area contributed by atoms with Crippen LogP contribution in [0.25, 0.3) is 5.82 Å². The summed E-state index contributed by atoms with van der Waals surface area (Å²) in [6.07, 6.45) is 5.78. The van der Waals surface area contributed by atoms with Crippen LogP contribution in [0, 0.1) is 19.8 Å². The molecule has 1 aromatic carbocycles. The molecule has 1 aliphatic rings. The third kappa shape index (κ3) is 10.5. The van der Waals surface area contributed by atoms with Crippen LogP contribution in [-0.2, 0) is 6.54 Å². The van der Waals surface area contributed by atoms with Crippen molar-refractivity contribution in [2.24, 2.45) is 16.3 Å². The monoisotopic (exact) mass is 584 g/mol. The van der Waals surface area contributed by atoms with Crippen LogP contribution in [-0.4, -0.2) is 59.0 Å². The molecule has 4 rings (SSSR count). The zero-order valence-electron chi connectivity index (χ0n) is 24.5. The number of benzene rings is 1. The van der Waals surface area contributed by atoms with E-state index in [0.29, 0.717) is 18.9 Å². The van der Waals surface area contributed by atoms with Gasteiger partial charge in [0.1, 0.15) is 12.2 Å². The molecule has 0 atom stereocenters. The second-order valence-corrected chi connectivity index (χ2v) is 9.73. The van der Waals surface area contributed by atoms with Gasteiger partial charge in [0.2, 0.25) is 0 Å². The first-order chi connectivity index (χ1) is 19.9. The molecule has 42 heavy (non-hydrogen) atoms. The fraction of sp³-hybridized carbons (Fsp3) is 0.379. The number of nitrogens with one attached hydrogen (secondary N) is 3. The van der Waals surface area contributed by atoms with Gasteiger partial charge in [0.15, 0.2) is 24.1 Å². The van der Waals surface area contributed by atoms with Crippen LogP contribution in [0.1, 0.15) is 57.4 Å². The van der Waals surface area contributed by atoms with Gasteiger partial charge in [-0.15, -0.1) is 0 Å². The van der Waals surface area contributed by atoms with Crippen molar-refractivity contribution in [1.29, 1.82) is 0 Å². The van der Waals surface area contributed by atoms with Gasteiger partial charge in [-0.2, -0.15) is 19.0 Å². The van der Waals surface area contributed by atoms with Crippen LogP contribution in [0.15, 0.2) is 59.1 Å². The maximum absolute atomic E-state index is 12.8. The van der Waals surface area contributed by atoms with Gasteiger partial charge in [0.25, 0.3) is 5.92 Å². The average molecular weight is 585 g/mol. The minimum atomic E-state index is -3.12. The summed E-state index contributed by atoms with van der Waals surface area (Å²) in [7, 11) is 3.84. The lowest BCUT2D eigenvalue weighted by Crippen LogP contribution is -2.22. The number of hydrogen-bond donors (Lipinski definition) is 4. The molecule has 0 unspecified atom stereocenters. The van der Waals surface area contributed by atoms with Crippen molar-refractivity contribution in [3.8, 4) is 11.6 Å². The van der Waals surface area contributed by atoms with Crippen molar-refractivity contribution in [3.05, 3.63) is 76.9 Å². The van der Waals surface area contributed by atoms with Crippen LogP contribution < -0.4 is 16.1 Å². The number of carbonyl (C=O) groups excluding carboxylic acids is 2. The Hall–Kier alpha value is -4.52. The van der Waals surface area contributed by atoms with Crippen LogP contribution >= 0.6 is 0 Å². The van der Waals surface area contributed by atoms with E-state index in [9.17, 15) is 23.5 Å². The number of aromatic nitrogens is 3. The van der Waals surface area contributed by atoms with E-state index in [-0.39, 0.29) is 23.8 Å². The first-order valence-corrected chi connectivity index (χ1v) is 13.2. The van der Waals surface area contributed by atoms with Gasteiger partial charge in [0.05, 0.1) is 11.4 Å². The van der Waals surface area contributed by atoms with Crippen LogP contribution in [0.4, 0.5) is 14.5 Å². The number of aldehydes is 2. The largest absolute Gasteiger partial charge is 0.504 e. The summed E-state index contributed by atoms with van der Waals surface area (Å²) in [6.45, 7) is 8.95. The van der Waals surface area contributed by atoms with Gasteiger partial charge in [-0.3, -0.25) is 15.0 Å². The molecule has 0 saturated heterocycles. The maximum atomic E-state index is 12.8. The van der Waals surface area contributed by atoms with Gasteiger partial charge < -0.3 is 15.7 Å². The molecule has 0 spiro atoms. The summed E-state index contributed by atoms with van der Waals surface area (Å²) in [6, 6.07) is 8.28. The summed E-state index contributed by atoms with van der Waals surface area (Å²) in [5.41, 5.74) is 5.80. The fourth-order valence-electron chi connectivity index (χ4n) is 3.68. The minimum Gasteiger partial charge on any atom is -0.504 e. The van der Waals surface area contributed by atoms with Gasteiger partial charge in [-0.25, -0.2) is 9.67 Å². The molecule has 2 aromatic heterocycles. The van der Waals surface area contributed by atoms with E-state index >= 15 is 0 Å². The van der Waals surface area contributed by atoms with Crippen molar-refractivity contribution in [2.45, 2.75) is 46.1 Å². The smallest absolute Gasteiger partial charge is 0.285 e. The summed E-state index contributed by atoms with van der Waals surface area (Å²) < 4.78 is 26.8. The highest BCUT2D eigenvalue weighted by Gasteiger charge is 2.25. The fourth-order valence-corrected chi connectivity index (χ4v) is 3.68. The van der Waals surface area contributed by atoms with E-state index < -0.39 is 11.6 Å². The number of pyridine rings is 1. The Labute approximate surface area is 244 Å². The highest BCUT2D eigenvalue weighted by molar-refractivity contribution is 5.85. The normalized spacial score (nSPS) is 12.5. The number of aryl methyl sites for hydroxylation is 2. The maximum Gasteiger partial charge on any atom is 0.285 e. The zero-order chi connectivity index (χ0) is 31.3. The van der Waals surface area contributed by atoms with Crippen molar-refractivity contribution < 1.29 is 23.5 Å². The van der Waals surface area contributed by atoms with Crippen molar-refractivity contribution >= 4 is 18.3 Å². The molecule has 1 aliphatic carbocycles. The zero-order valence-corrected chi connectivity index (χ0v) is 24.5. The number of rotatable bonds is 11. The van der Waals surface area contributed by atoms with Crippen LogP contribution in [0.3, 0.4) is 0 Å². The predicted molar refractivity (Wildman–Crippen MR) is 157 cm³/mol. The van der Waals surface area contributed by atoms with Gasteiger partial charge >= 0.3 is 0 Å². The molecule has 4 N–H and O–H groups in total. The topological polar surface area (TPSA) is 146 Å². The molecule has 0 amide bonds. The molecule has 0 bridgehead atoms. The summed E-state index contributed by atoms with van der Waals surface area (Å²) in [5.74, 6) is -2.16. The SMILES string of the molecule is C=C(NN=NCc1cc(C=O)n(-c2ncccc2O)n1)C(C)(F)F.CNCC1CC1.CNc1c(C)cc(C)cc1C=O. The Bertz CT molecular complexity index is 1380. The molecule has 11 nitrogen and oxygen atoms in total. The van der Waals surface area contributed by atoms with Crippen LogP contribution in [0.5, 0.6) is 5.75 Å². The number of nitrogens with zero attached hydrogens (tertiary/aromatic N) is 5. The Kier molecular flexibility index (Phi) is 12.9. The van der Waals surface area contributed by atoms with Crippen molar-refractivity contribution in [2.75, 3.05) is 26.0 Å². The quantitative estimate of drug-likeness (QED) is 0.137. The lowest BCUT2D eigenvalue weighted by Gasteiger charge is -2.11. The second-order valence-electron chi connectivity index (χ2n) is 9.73. The molecular formula is C29H38F2N8O3. The summed E-state index contributed by atoms with van der Waals surface area (Å²) in [4.78, 5) is 25.7. The molecular weight excluding hydrogens is 546 g/mol. The second kappa shape index (κ2) is 16.1. The number of anilines is 1. The third-order valence-electron chi connectivity index (χ3n) is 5.97. The standard InChI is InChI=1S/C14H14F2N6O2.C10H13NO.C5H11N/c1-9(14(2,15)16)19-21-18-7-10-6-11(8-23)22(20-10)13-12(24)4-3-5-17-13;1-7-4-8(2)10(11-3)9(5-7)6-12;1-6-4-5-2-3-5/h3-6,8,24H,1,7H2,2H3,(H,18,19);4-6,11H,1-3H3;5-6H,2-4H2,1H3. The van der Waals surface area contributed by atoms with Gasteiger partial charge in [-0.05, 0) is 76.0 Å². The van der Waals surface area contributed by atoms with E-state index in [2.05, 4.69) is 43.7 Å². The molecule has 0 aliphatic heterocycles. The number of carbonyl (C=O) groups is 2. The highest BCUT2D eigenvalue weighted by Crippen LogP contribution is 2.27. The Morgan fingerprint density at radius 2 is 1.93 bits per heavy atom. The number of halogens is 2. The Morgan fingerprint density at radius 3 is 2.45 bits per heavy atom. The molecule has 2 heterocycles. The molecule has 1 saturated carbocycles. The molecule has 0 radical (unpaired) electrons. The molecule has 226 valence electrons. The van der Waals surface area contributed by atoms with E-state index in [1.165, 1.54) is 43.8 Å². The highest BCUT2D eigenvalue weighted by atomic mass is 19.3. The van der Waals surface area contributed by atoms with Crippen LogP contribution in [0.2, 0.25) is 0 Å². The number of aromatic hydroxyl groups is 1. The molecule has 13 heteroatoms. The average Bonchev–Trinajstić information content (AvgIpc) is 3.67. The first-order valence-electron chi connectivity index (χ1n) is 13.2. The van der Waals surface area contributed by atoms with E-state index in [1.807, 2.05) is 39.4 Å². The summed E-state index contributed by atoms with van der Waals surface area (Å²) >= 11 is 0.